The SMILES string of the molecule is C=CCn1c(SC(C)C(=O)c2ccccc2)nnc1-c1ccccc1OC. The molecule has 0 N–H and O–H groups in total. The first kappa shape index (κ1) is 18.9. The molecule has 0 fully saturated rings. The van der Waals surface area contributed by atoms with Crippen LogP contribution in [-0.4, -0.2) is 32.9 Å². The van der Waals surface area contributed by atoms with Crippen LogP contribution in [0.1, 0.15) is 17.3 Å². The second kappa shape index (κ2) is 8.68. The second-order valence-corrected chi connectivity index (χ2v) is 7.20. The fraction of sp³-hybridized carbons (Fsp3) is 0.190. The number of ketones is 1. The van der Waals surface area contributed by atoms with Gasteiger partial charge >= 0.3 is 0 Å². The van der Waals surface area contributed by atoms with Crippen molar-refractivity contribution in [1.82, 2.24) is 14.8 Å². The molecule has 1 heterocycles. The monoisotopic (exact) mass is 379 g/mol. The Morgan fingerprint density at radius 1 is 1.19 bits per heavy atom. The number of benzene rings is 2. The summed E-state index contributed by atoms with van der Waals surface area (Å²) in [5.74, 6) is 1.47. The average molecular weight is 379 g/mol. The summed E-state index contributed by atoms with van der Waals surface area (Å²) in [4.78, 5) is 12.7. The highest BCUT2D eigenvalue weighted by molar-refractivity contribution is 8.00. The molecule has 138 valence electrons. The minimum Gasteiger partial charge on any atom is -0.496 e. The molecule has 5 nitrogen and oxygen atoms in total. The molecule has 0 aliphatic carbocycles. The minimum absolute atomic E-state index is 0.0626. The van der Waals surface area contributed by atoms with Crippen molar-refractivity contribution in [2.75, 3.05) is 7.11 Å². The van der Waals surface area contributed by atoms with Crippen LogP contribution in [0, 0.1) is 0 Å². The first-order valence-electron chi connectivity index (χ1n) is 8.59. The molecule has 0 radical (unpaired) electrons. The standard InChI is InChI=1S/C21H21N3O2S/c1-4-14-24-20(17-12-8-9-13-18(17)26-3)22-23-21(24)27-15(2)19(25)16-10-6-5-7-11-16/h4-13,15H,1,14H2,2-3H3. The van der Waals surface area contributed by atoms with Crippen LogP contribution < -0.4 is 4.74 Å². The Morgan fingerprint density at radius 3 is 2.59 bits per heavy atom. The number of aromatic nitrogens is 3. The molecule has 1 aromatic heterocycles. The highest BCUT2D eigenvalue weighted by Gasteiger charge is 2.22. The number of carbonyl (C=O) groups excluding carboxylic acids is 1. The highest BCUT2D eigenvalue weighted by atomic mass is 32.2. The molecule has 0 aliphatic heterocycles. The van der Waals surface area contributed by atoms with Crippen molar-refractivity contribution in [3.05, 3.63) is 72.8 Å². The van der Waals surface area contributed by atoms with Crippen molar-refractivity contribution in [2.45, 2.75) is 23.9 Å². The molecule has 6 heteroatoms. The summed E-state index contributed by atoms with van der Waals surface area (Å²) < 4.78 is 7.40. The van der Waals surface area contributed by atoms with E-state index in [1.165, 1.54) is 11.8 Å². The predicted octanol–water partition coefficient (Wildman–Crippen LogP) is 4.50. The Morgan fingerprint density at radius 2 is 1.89 bits per heavy atom. The van der Waals surface area contributed by atoms with E-state index in [-0.39, 0.29) is 11.0 Å². The van der Waals surface area contributed by atoms with Gasteiger partial charge in [-0.2, -0.15) is 0 Å². The van der Waals surface area contributed by atoms with Gasteiger partial charge < -0.3 is 4.74 Å². The maximum atomic E-state index is 12.7. The highest BCUT2D eigenvalue weighted by Crippen LogP contribution is 2.32. The Balaban J connectivity index is 1.91. The number of thioether (sulfide) groups is 1. The lowest BCUT2D eigenvalue weighted by molar-refractivity contribution is 0.0994. The van der Waals surface area contributed by atoms with E-state index in [1.54, 1.807) is 13.2 Å². The van der Waals surface area contributed by atoms with Crippen LogP contribution in [0.2, 0.25) is 0 Å². The summed E-state index contributed by atoms with van der Waals surface area (Å²) in [7, 11) is 1.63. The number of hydrogen-bond acceptors (Lipinski definition) is 5. The van der Waals surface area contributed by atoms with E-state index in [9.17, 15) is 4.79 Å². The van der Waals surface area contributed by atoms with Crippen molar-refractivity contribution in [1.29, 1.82) is 0 Å². The summed E-state index contributed by atoms with van der Waals surface area (Å²) >= 11 is 1.39. The smallest absolute Gasteiger partial charge is 0.192 e. The fourth-order valence-electron chi connectivity index (χ4n) is 2.75. The van der Waals surface area contributed by atoms with Crippen molar-refractivity contribution in [2.24, 2.45) is 0 Å². The molecular formula is C21H21N3O2S. The fourth-order valence-corrected chi connectivity index (χ4v) is 3.68. The topological polar surface area (TPSA) is 57.0 Å². The van der Waals surface area contributed by atoms with Crippen molar-refractivity contribution in [3.8, 4) is 17.1 Å². The van der Waals surface area contributed by atoms with Gasteiger partial charge in [-0.25, -0.2) is 0 Å². The van der Waals surface area contributed by atoms with Gasteiger partial charge in [0.15, 0.2) is 16.8 Å². The minimum atomic E-state index is -0.286. The third-order valence-electron chi connectivity index (χ3n) is 4.09. The zero-order valence-corrected chi connectivity index (χ0v) is 16.1. The number of methoxy groups -OCH3 is 1. The molecule has 3 aromatic rings. The number of ether oxygens (including phenoxy) is 1. The summed E-state index contributed by atoms with van der Waals surface area (Å²) in [5.41, 5.74) is 1.54. The van der Waals surface area contributed by atoms with Crippen molar-refractivity contribution >= 4 is 17.5 Å². The molecule has 0 saturated carbocycles. The maximum absolute atomic E-state index is 12.7. The molecular weight excluding hydrogens is 358 g/mol. The second-order valence-electron chi connectivity index (χ2n) is 5.90. The molecule has 0 bridgehead atoms. The lowest BCUT2D eigenvalue weighted by Gasteiger charge is -2.13. The van der Waals surface area contributed by atoms with E-state index < -0.39 is 0 Å². The van der Waals surface area contributed by atoms with Gasteiger partial charge in [-0.3, -0.25) is 9.36 Å². The molecule has 0 aliphatic rings. The van der Waals surface area contributed by atoms with Gasteiger partial charge in [0.2, 0.25) is 0 Å². The summed E-state index contributed by atoms with van der Waals surface area (Å²) in [6.07, 6.45) is 1.79. The zero-order valence-electron chi connectivity index (χ0n) is 15.3. The molecule has 0 saturated heterocycles. The molecule has 1 atom stereocenters. The third kappa shape index (κ3) is 4.11. The van der Waals surface area contributed by atoms with Gasteiger partial charge in [0.05, 0.1) is 17.9 Å². The van der Waals surface area contributed by atoms with Gasteiger partial charge in [-0.05, 0) is 19.1 Å². The van der Waals surface area contributed by atoms with Crippen LogP contribution in [0.3, 0.4) is 0 Å². The number of allylic oxidation sites excluding steroid dienone is 1. The van der Waals surface area contributed by atoms with Gasteiger partial charge in [0.1, 0.15) is 5.75 Å². The third-order valence-corrected chi connectivity index (χ3v) is 5.17. The first-order valence-corrected chi connectivity index (χ1v) is 9.47. The normalized spacial score (nSPS) is 11.8. The number of hydrogen-bond donors (Lipinski definition) is 0. The maximum Gasteiger partial charge on any atom is 0.192 e. The molecule has 3 rings (SSSR count). The van der Waals surface area contributed by atoms with Crippen LogP contribution in [0.15, 0.2) is 72.4 Å². The lowest BCUT2D eigenvalue weighted by atomic mass is 10.1. The molecule has 27 heavy (non-hydrogen) atoms. The summed E-state index contributed by atoms with van der Waals surface area (Å²) in [5, 5.41) is 9.06. The van der Waals surface area contributed by atoms with Gasteiger partial charge in [-0.15, -0.1) is 16.8 Å². The number of Topliss-reactive ketones (excluding diaryl/α,β-unsaturated/α-hetero) is 1. The van der Waals surface area contributed by atoms with Crippen LogP contribution in [0.5, 0.6) is 5.75 Å². The Kier molecular flexibility index (Phi) is 6.08. The number of rotatable bonds is 8. The Labute approximate surface area is 163 Å². The largest absolute Gasteiger partial charge is 0.496 e. The van der Waals surface area contributed by atoms with Crippen LogP contribution in [-0.2, 0) is 6.54 Å². The number of para-hydroxylation sites is 1. The Hall–Kier alpha value is -2.86. The van der Waals surface area contributed by atoms with Crippen molar-refractivity contribution < 1.29 is 9.53 Å². The van der Waals surface area contributed by atoms with E-state index in [4.69, 9.17) is 4.74 Å². The predicted molar refractivity (Wildman–Crippen MR) is 108 cm³/mol. The molecule has 2 aromatic carbocycles. The van der Waals surface area contributed by atoms with Crippen LogP contribution >= 0.6 is 11.8 Å². The van der Waals surface area contributed by atoms with E-state index in [2.05, 4.69) is 16.8 Å². The zero-order chi connectivity index (χ0) is 19.2. The Bertz CT molecular complexity index is 938. The van der Waals surface area contributed by atoms with Crippen LogP contribution in [0.25, 0.3) is 11.4 Å². The average Bonchev–Trinajstić information content (AvgIpc) is 3.10. The van der Waals surface area contributed by atoms with E-state index in [0.717, 1.165) is 11.3 Å². The van der Waals surface area contributed by atoms with E-state index in [0.29, 0.717) is 23.1 Å². The van der Waals surface area contributed by atoms with Crippen molar-refractivity contribution in [3.63, 3.8) is 0 Å². The first-order chi connectivity index (χ1) is 13.2. The molecule has 1 unspecified atom stereocenters. The summed E-state index contributed by atoms with van der Waals surface area (Å²) in [6.45, 7) is 6.25. The number of carbonyl (C=O) groups is 1. The quantitative estimate of drug-likeness (QED) is 0.328. The molecule has 0 spiro atoms. The number of nitrogens with zero attached hydrogens (tertiary/aromatic N) is 3. The van der Waals surface area contributed by atoms with E-state index in [1.807, 2.05) is 66.1 Å². The van der Waals surface area contributed by atoms with Gasteiger partial charge in [-0.1, -0.05) is 60.3 Å². The lowest BCUT2D eigenvalue weighted by Crippen LogP contribution is -2.14. The van der Waals surface area contributed by atoms with Gasteiger partial charge in [0.25, 0.3) is 0 Å². The van der Waals surface area contributed by atoms with Gasteiger partial charge in [0, 0.05) is 12.1 Å². The van der Waals surface area contributed by atoms with E-state index >= 15 is 0 Å². The summed E-state index contributed by atoms with van der Waals surface area (Å²) in [6, 6.07) is 16.9. The van der Waals surface area contributed by atoms with Crippen LogP contribution in [0.4, 0.5) is 0 Å². The molecule has 0 amide bonds.